The first-order chi connectivity index (χ1) is 15.3. The lowest BCUT2D eigenvalue weighted by Gasteiger charge is -2.18. The van der Waals surface area contributed by atoms with Crippen molar-refractivity contribution >= 4 is 39.0 Å². The molecule has 0 aliphatic carbocycles. The van der Waals surface area contributed by atoms with Crippen LogP contribution in [0.2, 0.25) is 0 Å². The van der Waals surface area contributed by atoms with Crippen LogP contribution in [0.3, 0.4) is 0 Å². The Hall–Kier alpha value is -2.46. The van der Waals surface area contributed by atoms with E-state index in [1.165, 1.54) is 21.8 Å². The van der Waals surface area contributed by atoms with Gasteiger partial charge in [-0.15, -0.1) is 22.7 Å². The number of carbonyl (C=O) groups excluding carboxylic acids is 1. The van der Waals surface area contributed by atoms with Gasteiger partial charge in [-0.25, -0.2) is 14.8 Å². The molecule has 33 heavy (non-hydrogen) atoms. The van der Waals surface area contributed by atoms with Gasteiger partial charge in [-0.3, -0.25) is 10.4 Å². The first-order valence-electron chi connectivity index (χ1n) is 10.9. The number of H-pyrrole nitrogens is 1. The number of anilines is 2. The third-order valence-corrected chi connectivity index (χ3v) is 6.34. The number of aromatic nitrogens is 4. The van der Waals surface area contributed by atoms with E-state index in [9.17, 15) is 4.79 Å². The standard InChI is InChI=1S/C11H18N2O2S.C6H10N2S.C6H10N2/c1-7(2)8-6-12-9(16-8)13-10(14)15-11(3,4)5;1-4(2)5-3-8-6(7)9-5;1-5(2)6-3-7-8-4-6/h6-7H,1-5H3,(H,12,13,14);3-4H,1-2H3,(H2,7,8);3-5H,1-2H3,(H,7,8). The molecule has 1 amide bonds. The second-order valence-electron chi connectivity index (χ2n) is 9.29. The van der Waals surface area contributed by atoms with Crippen LogP contribution in [0.25, 0.3) is 0 Å². The van der Waals surface area contributed by atoms with Crippen molar-refractivity contribution < 1.29 is 9.53 Å². The van der Waals surface area contributed by atoms with Crippen molar-refractivity contribution in [2.75, 3.05) is 11.1 Å². The van der Waals surface area contributed by atoms with Gasteiger partial charge in [0.15, 0.2) is 10.3 Å². The molecular weight excluding hydrogens is 456 g/mol. The van der Waals surface area contributed by atoms with Gasteiger partial charge in [0.05, 0.1) is 6.20 Å². The van der Waals surface area contributed by atoms with Gasteiger partial charge in [0.2, 0.25) is 0 Å². The summed E-state index contributed by atoms with van der Waals surface area (Å²) >= 11 is 3.03. The Morgan fingerprint density at radius 3 is 1.88 bits per heavy atom. The summed E-state index contributed by atoms with van der Waals surface area (Å²) in [6.07, 6.45) is 6.93. The van der Waals surface area contributed by atoms with Crippen LogP contribution in [0, 0.1) is 0 Å². The number of thiazole rings is 2. The molecule has 0 atom stereocenters. The zero-order valence-electron chi connectivity index (χ0n) is 21.1. The number of carbonyl (C=O) groups is 1. The zero-order valence-corrected chi connectivity index (χ0v) is 22.7. The third-order valence-electron chi connectivity index (χ3n) is 4.00. The molecule has 3 aromatic heterocycles. The Balaban J connectivity index is 0.000000270. The average molecular weight is 495 g/mol. The minimum absolute atomic E-state index is 0.423. The van der Waals surface area contributed by atoms with Gasteiger partial charge < -0.3 is 10.5 Å². The van der Waals surface area contributed by atoms with Crippen LogP contribution in [0.5, 0.6) is 0 Å². The molecule has 0 saturated heterocycles. The number of rotatable bonds is 4. The van der Waals surface area contributed by atoms with Gasteiger partial charge in [0.1, 0.15) is 5.60 Å². The van der Waals surface area contributed by atoms with Crippen LogP contribution < -0.4 is 11.1 Å². The maximum Gasteiger partial charge on any atom is 0.413 e. The number of hydrogen-bond acceptors (Lipinski definition) is 8. The van der Waals surface area contributed by atoms with Crippen LogP contribution in [0.4, 0.5) is 15.1 Å². The van der Waals surface area contributed by atoms with Gasteiger partial charge in [-0.2, -0.15) is 5.10 Å². The van der Waals surface area contributed by atoms with E-state index in [4.69, 9.17) is 10.5 Å². The van der Waals surface area contributed by atoms with E-state index >= 15 is 0 Å². The second kappa shape index (κ2) is 13.3. The molecule has 0 bridgehead atoms. The number of nitrogens with one attached hydrogen (secondary N) is 2. The minimum atomic E-state index is -0.484. The quantitative estimate of drug-likeness (QED) is 0.359. The van der Waals surface area contributed by atoms with Gasteiger partial charge in [-0.05, 0) is 44.1 Å². The second-order valence-corrected chi connectivity index (χ2v) is 11.4. The van der Waals surface area contributed by atoms with Crippen molar-refractivity contribution in [3.8, 4) is 0 Å². The third kappa shape index (κ3) is 11.8. The molecule has 10 heteroatoms. The lowest BCUT2D eigenvalue weighted by molar-refractivity contribution is 0.0636. The number of nitrogen functional groups attached to an aromatic ring is 1. The van der Waals surface area contributed by atoms with E-state index in [2.05, 4.69) is 67.0 Å². The smallest absolute Gasteiger partial charge is 0.413 e. The van der Waals surface area contributed by atoms with E-state index in [0.717, 1.165) is 4.88 Å². The molecule has 0 radical (unpaired) electrons. The summed E-state index contributed by atoms with van der Waals surface area (Å²) in [6, 6.07) is 0. The van der Waals surface area contributed by atoms with E-state index in [1.54, 1.807) is 17.5 Å². The highest BCUT2D eigenvalue weighted by Gasteiger charge is 2.17. The molecular formula is C23H38N6O2S2. The summed E-state index contributed by atoms with van der Waals surface area (Å²) in [5.74, 6) is 1.57. The summed E-state index contributed by atoms with van der Waals surface area (Å²) in [5, 5.41) is 10.4. The lowest BCUT2D eigenvalue weighted by atomic mass is 10.1. The predicted octanol–water partition coefficient (Wildman–Crippen LogP) is 7.00. The maximum absolute atomic E-state index is 11.4. The first-order valence-corrected chi connectivity index (χ1v) is 12.6. The minimum Gasteiger partial charge on any atom is -0.444 e. The zero-order chi connectivity index (χ0) is 25.2. The number of nitrogens with two attached hydrogens (primary N) is 1. The normalized spacial score (nSPS) is 11.0. The van der Waals surface area contributed by atoms with Crippen LogP contribution in [-0.2, 0) is 4.74 Å². The van der Waals surface area contributed by atoms with Gasteiger partial charge in [0.25, 0.3) is 0 Å². The van der Waals surface area contributed by atoms with Crippen molar-refractivity contribution in [3.05, 3.63) is 40.1 Å². The summed E-state index contributed by atoms with van der Waals surface area (Å²) in [6.45, 7) is 18.2. The summed E-state index contributed by atoms with van der Waals surface area (Å²) in [5.41, 5.74) is 6.21. The molecule has 0 aliphatic heterocycles. The average Bonchev–Trinajstić information content (AvgIpc) is 3.42. The monoisotopic (exact) mass is 494 g/mol. The Bertz CT molecular complexity index is 940. The summed E-state index contributed by atoms with van der Waals surface area (Å²) in [4.78, 5) is 21.9. The number of hydrogen-bond donors (Lipinski definition) is 3. The Morgan fingerprint density at radius 1 is 0.970 bits per heavy atom. The van der Waals surface area contributed by atoms with Crippen LogP contribution in [0.15, 0.2) is 24.8 Å². The Kier molecular flexibility index (Phi) is 11.5. The van der Waals surface area contributed by atoms with Crippen molar-refractivity contribution in [2.45, 2.75) is 85.7 Å². The molecule has 0 aliphatic rings. The lowest BCUT2D eigenvalue weighted by Crippen LogP contribution is -2.27. The van der Waals surface area contributed by atoms with Crippen molar-refractivity contribution in [3.63, 3.8) is 0 Å². The van der Waals surface area contributed by atoms with Gasteiger partial charge in [0, 0.05) is 28.3 Å². The molecule has 3 aromatic rings. The Labute approximate surface area is 205 Å². The van der Waals surface area contributed by atoms with E-state index in [1.807, 2.05) is 39.4 Å². The molecule has 0 aromatic carbocycles. The van der Waals surface area contributed by atoms with Crippen molar-refractivity contribution in [1.82, 2.24) is 20.2 Å². The number of nitrogens with zero attached hydrogens (tertiary/aromatic N) is 3. The predicted molar refractivity (Wildman–Crippen MR) is 139 cm³/mol. The molecule has 3 heterocycles. The molecule has 8 nitrogen and oxygen atoms in total. The molecule has 4 N–H and O–H groups in total. The van der Waals surface area contributed by atoms with E-state index in [0.29, 0.717) is 28.0 Å². The topological polar surface area (TPSA) is 119 Å². The maximum atomic E-state index is 11.4. The SMILES string of the molecule is CC(C)c1cn[nH]c1.CC(C)c1cnc(N)s1.CC(C)c1cnc(NC(=O)OC(C)(C)C)s1. The van der Waals surface area contributed by atoms with E-state index in [-0.39, 0.29) is 0 Å². The van der Waals surface area contributed by atoms with Crippen LogP contribution in [0.1, 0.15) is 95.4 Å². The molecule has 0 spiro atoms. The molecule has 0 saturated carbocycles. The van der Waals surface area contributed by atoms with Gasteiger partial charge >= 0.3 is 6.09 Å². The molecule has 0 unspecified atom stereocenters. The molecule has 184 valence electrons. The number of aromatic amines is 1. The first kappa shape index (κ1) is 28.6. The fourth-order valence-corrected chi connectivity index (χ4v) is 3.64. The summed E-state index contributed by atoms with van der Waals surface area (Å²) in [7, 11) is 0. The van der Waals surface area contributed by atoms with E-state index < -0.39 is 11.7 Å². The highest BCUT2D eigenvalue weighted by atomic mass is 32.1. The fourth-order valence-electron chi connectivity index (χ4n) is 2.15. The number of amides is 1. The Morgan fingerprint density at radius 2 is 1.55 bits per heavy atom. The highest BCUT2D eigenvalue weighted by Crippen LogP contribution is 2.25. The molecule has 0 fully saturated rings. The van der Waals surface area contributed by atoms with Gasteiger partial charge in [-0.1, -0.05) is 41.5 Å². The summed E-state index contributed by atoms with van der Waals surface area (Å²) < 4.78 is 5.13. The van der Waals surface area contributed by atoms with Crippen molar-refractivity contribution in [2.24, 2.45) is 0 Å². The molecule has 3 rings (SSSR count). The fraction of sp³-hybridized carbons (Fsp3) is 0.565. The van der Waals surface area contributed by atoms with Crippen LogP contribution >= 0.6 is 22.7 Å². The van der Waals surface area contributed by atoms with Crippen LogP contribution in [-0.4, -0.2) is 31.9 Å². The highest BCUT2D eigenvalue weighted by molar-refractivity contribution is 7.16. The van der Waals surface area contributed by atoms with Crippen molar-refractivity contribution in [1.29, 1.82) is 0 Å². The largest absolute Gasteiger partial charge is 0.444 e. The number of ether oxygens (including phenoxy) is 1.